The standard InChI is InChI=1S/C17H19NO2S/c1-12(7-10-21-2)17(20)15-11-14(3-4-16(15)19)13-5-8-18-9-6-13/h3,5-6,8-9,11-12H,4,7,10H2,1-2H3. The van der Waals surface area contributed by atoms with Gasteiger partial charge < -0.3 is 0 Å². The minimum absolute atomic E-state index is 0.0336. The summed E-state index contributed by atoms with van der Waals surface area (Å²) in [5, 5.41) is 0. The number of thioether (sulfide) groups is 1. The predicted octanol–water partition coefficient (Wildman–Crippen LogP) is 3.32. The van der Waals surface area contributed by atoms with Crippen LogP contribution in [0.5, 0.6) is 0 Å². The number of rotatable bonds is 6. The molecular formula is C17H19NO2S. The van der Waals surface area contributed by atoms with Gasteiger partial charge in [-0.3, -0.25) is 14.6 Å². The summed E-state index contributed by atoms with van der Waals surface area (Å²) in [5.74, 6) is 0.716. The molecule has 0 amide bonds. The Kier molecular flexibility index (Phi) is 5.51. The van der Waals surface area contributed by atoms with E-state index < -0.39 is 0 Å². The van der Waals surface area contributed by atoms with E-state index in [9.17, 15) is 9.59 Å². The van der Waals surface area contributed by atoms with E-state index in [0.29, 0.717) is 12.0 Å². The van der Waals surface area contributed by atoms with Crippen molar-refractivity contribution in [2.75, 3.05) is 12.0 Å². The molecule has 4 heteroatoms. The molecule has 110 valence electrons. The Bertz CT molecular complexity index is 590. The van der Waals surface area contributed by atoms with Crippen LogP contribution in [0.4, 0.5) is 0 Å². The van der Waals surface area contributed by atoms with E-state index in [1.165, 1.54) is 0 Å². The number of Topliss-reactive ketones (excluding diaryl/α,β-unsaturated/α-hetero) is 2. The number of ketones is 2. The molecule has 1 heterocycles. The Labute approximate surface area is 129 Å². The highest BCUT2D eigenvalue weighted by molar-refractivity contribution is 7.98. The van der Waals surface area contributed by atoms with Crippen molar-refractivity contribution in [2.45, 2.75) is 19.8 Å². The summed E-state index contributed by atoms with van der Waals surface area (Å²) in [6, 6.07) is 3.77. The Morgan fingerprint density at radius 2 is 2.10 bits per heavy atom. The molecule has 3 nitrogen and oxygen atoms in total. The molecule has 0 saturated heterocycles. The van der Waals surface area contributed by atoms with Crippen LogP contribution in [0.1, 0.15) is 25.3 Å². The fourth-order valence-corrected chi connectivity index (χ4v) is 2.84. The van der Waals surface area contributed by atoms with Gasteiger partial charge in [-0.2, -0.15) is 11.8 Å². The van der Waals surface area contributed by atoms with Crippen molar-refractivity contribution < 1.29 is 9.59 Å². The van der Waals surface area contributed by atoms with Crippen LogP contribution in [-0.4, -0.2) is 28.6 Å². The second-order valence-electron chi connectivity index (χ2n) is 5.13. The second-order valence-corrected chi connectivity index (χ2v) is 6.11. The maximum Gasteiger partial charge on any atom is 0.170 e. The summed E-state index contributed by atoms with van der Waals surface area (Å²) in [5.41, 5.74) is 2.26. The minimum atomic E-state index is -0.107. The largest absolute Gasteiger partial charge is 0.294 e. The number of carbonyl (C=O) groups is 2. The fourth-order valence-electron chi connectivity index (χ4n) is 2.25. The average molecular weight is 301 g/mol. The van der Waals surface area contributed by atoms with Gasteiger partial charge in [0.2, 0.25) is 0 Å². The van der Waals surface area contributed by atoms with Crippen LogP contribution in [0.25, 0.3) is 5.57 Å². The summed E-state index contributed by atoms with van der Waals surface area (Å²) in [6.07, 6.45) is 10.2. The molecule has 1 atom stereocenters. The number of hydrogen-bond acceptors (Lipinski definition) is 4. The Morgan fingerprint density at radius 1 is 1.38 bits per heavy atom. The maximum absolute atomic E-state index is 12.5. The molecule has 1 aromatic rings. The van der Waals surface area contributed by atoms with Gasteiger partial charge in [-0.05, 0) is 47.8 Å². The maximum atomic E-state index is 12.5. The van der Waals surface area contributed by atoms with Gasteiger partial charge in [-0.25, -0.2) is 0 Å². The summed E-state index contributed by atoms with van der Waals surface area (Å²) in [4.78, 5) is 28.5. The first-order valence-corrected chi connectivity index (χ1v) is 8.41. The van der Waals surface area contributed by atoms with E-state index in [1.807, 2.05) is 31.4 Å². The van der Waals surface area contributed by atoms with E-state index in [1.54, 1.807) is 30.2 Å². The van der Waals surface area contributed by atoms with E-state index in [4.69, 9.17) is 0 Å². The van der Waals surface area contributed by atoms with Gasteiger partial charge in [-0.15, -0.1) is 0 Å². The van der Waals surface area contributed by atoms with Crippen LogP contribution in [0.3, 0.4) is 0 Å². The van der Waals surface area contributed by atoms with Gasteiger partial charge in [0.25, 0.3) is 0 Å². The van der Waals surface area contributed by atoms with Crippen molar-refractivity contribution >= 4 is 28.9 Å². The monoisotopic (exact) mass is 301 g/mol. The molecule has 0 saturated carbocycles. The first-order chi connectivity index (χ1) is 10.1. The lowest BCUT2D eigenvalue weighted by Crippen LogP contribution is -2.21. The van der Waals surface area contributed by atoms with E-state index in [2.05, 4.69) is 4.98 Å². The van der Waals surface area contributed by atoms with Crippen molar-refractivity contribution in [2.24, 2.45) is 5.92 Å². The molecule has 1 aliphatic carbocycles. The Balaban J connectivity index is 2.21. The van der Waals surface area contributed by atoms with Crippen molar-refractivity contribution in [3.05, 3.63) is 47.8 Å². The number of pyridine rings is 1. The lowest BCUT2D eigenvalue weighted by Gasteiger charge is -2.16. The average Bonchev–Trinajstić information content (AvgIpc) is 2.53. The lowest BCUT2D eigenvalue weighted by atomic mass is 9.87. The molecule has 1 aliphatic rings. The zero-order valence-electron chi connectivity index (χ0n) is 12.3. The van der Waals surface area contributed by atoms with Crippen molar-refractivity contribution in [3.63, 3.8) is 0 Å². The lowest BCUT2D eigenvalue weighted by molar-refractivity contribution is -0.123. The van der Waals surface area contributed by atoms with Crippen molar-refractivity contribution in [3.8, 4) is 0 Å². The van der Waals surface area contributed by atoms with Crippen molar-refractivity contribution in [1.29, 1.82) is 0 Å². The highest BCUT2D eigenvalue weighted by Crippen LogP contribution is 2.25. The van der Waals surface area contributed by atoms with Gasteiger partial charge in [-0.1, -0.05) is 13.0 Å². The third kappa shape index (κ3) is 3.91. The smallest absolute Gasteiger partial charge is 0.170 e. The number of allylic oxidation sites excluding steroid dienone is 4. The molecule has 0 N–H and O–H groups in total. The molecule has 0 aliphatic heterocycles. The zero-order valence-corrected chi connectivity index (χ0v) is 13.2. The topological polar surface area (TPSA) is 47.0 Å². The van der Waals surface area contributed by atoms with Gasteiger partial charge in [0.15, 0.2) is 11.6 Å². The molecule has 0 spiro atoms. The van der Waals surface area contributed by atoms with Crippen molar-refractivity contribution in [1.82, 2.24) is 4.98 Å². The molecule has 1 aromatic heterocycles. The fraction of sp³-hybridized carbons (Fsp3) is 0.353. The quantitative estimate of drug-likeness (QED) is 0.756. The third-order valence-corrected chi connectivity index (χ3v) is 4.23. The zero-order chi connectivity index (χ0) is 15.2. The molecule has 0 aromatic carbocycles. The first-order valence-electron chi connectivity index (χ1n) is 7.02. The van der Waals surface area contributed by atoms with Crippen LogP contribution in [0.2, 0.25) is 0 Å². The molecule has 1 unspecified atom stereocenters. The molecule has 2 rings (SSSR count). The number of nitrogens with zero attached hydrogens (tertiary/aromatic N) is 1. The number of aromatic nitrogens is 1. The molecule has 0 fully saturated rings. The van der Waals surface area contributed by atoms with Gasteiger partial charge >= 0.3 is 0 Å². The first kappa shape index (κ1) is 15.7. The van der Waals surface area contributed by atoms with E-state index >= 15 is 0 Å². The highest BCUT2D eigenvalue weighted by atomic mass is 32.2. The molecule has 0 bridgehead atoms. The van der Waals surface area contributed by atoms with Gasteiger partial charge in [0.05, 0.1) is 5.57 Å². The van der Waals surface area contributed by atoms with Crippen LogP contribution in [0, 0.1) is 5.92 Å². The predicted molar refractivity (Wildman–Crippen MR) is 87.1 cm³/mol. The van der Waals surface area contributed by atoms with Crippen LogP contribution in [-0.2, 0) is 9.59 Å². The summed E-state index contributed by atoms with van der Waals surface area (Å²) in [6.45, 7) is 1.90. The number of hydrogen-bond donors (Lipinski definition) is 0. The second kappa shape index (κ2) is 7.36. The van der Waals surface area contributed by atoms with E-state index in [0.717, 1.165) is 23.3 Å². The highest BCUT2D eigenvalue weighted by Gasteiger charge is 2.25. The molecular weight excluding hydrogens is 282 g/mol. The van der Waals surface area contributed by atoms with Crippen LogP contribution in [0.15, 0.2) is 42.3 Å². The normalized spacial score (nSPS) is 16.2. The van der Waals surface area contributed by atoms with Crippen LogP contribution >= 0.6 is 11.8 Å². The molecule has 21 heavy (non-hydrogen) atoms. The van der Waals surface area contributed by atoms with Crippen LogP contribution < -0.4 is 0 Å². The summed E-state index contributed by atoms with van der Waals surface area (Å²) >= 11 is 1.72. The Hall–Kier alpha value is -1.68. The minimum Gasteiger partial charge on any atom is -0.294 e. The molecule has 0 radical (unpaired) electrons. The SMILES string of the molecule is CSCCC(C)C(=O)C1=CC(c2ccncc2)=CCC1=O. The Morgan fingerprint density at radius 3 is 2.76 bits per heavy atom. The third-order valence-electron chi connectivity index (χ3n) is 3.59. The van der Waals surface area contributed by atoms with E-state index in [-0.39, 0.29) is 17.5 Å². The summed E-state index contributed by atoms with van der Waals surface area (Å²) < 4.78 is 0. The van der Waals surface area contributed by atoms with Gasteiger partial charge in [0.1, 0.15) is 0 Å². The van der Waals surface area contributed by atoms with Gasteiger partial charge in [0, 0.05) is 24.7 Å². The summed E-state index contributed by atoms with van der Waals surface area (Å²) in [7, 11) is 0. The number of carbonyl (C=O) groups excluding carboxylic acids is 2.